The second kappa shape index (κ2) is 3.56. The largest absolute Gasteiger partial charge is 0.372 e. The van der Waals surface area contributed by atoms with Gasteiger partial charge in [0.2, 0.25) is 5.91 Å². The summed E-state index contributed by atoms with van der Waals surface area (Å²) in [6, 6.07) is 0.431. The number of ether oxygens (including phenoxy) is 1. The van der Waals surface area contributed by atoms with Crippen LogP contribution in [0.15, 0.2) is 0 Å². The number of carbonyl (C=O) groups excluding carboxylic acids is 1. The molecule has 1 rings (SSSR count). The Morgan fingerprint density at radius 2 is 2.40 bits per heavy atom. The maximum atomic E-state index is 10.8. The summed E-state index contributed by atoms with van der Waals surface area (Å²) in [6.07, 6.45) is 2.24. The summed E-state index contributed by atoms with van der Waals surface area (Å²) in [5.41, 5.74) is 0. The third kappa shape index (κ3) is 2.82. The Kier molecular flexibility index (Phi) is 2.68. The summed E-state index contributed by atoms with van der Waals surface area (Å²) < 4.78 is 4.80. The highest BCUT2D eigenvalue weighted by Crippen LogP contribution is 2.18. The molecule has 1 aliphatic carbocycles. The average Bonchev–Trinajstić information content (AvgIpc) is 2.67. The molecule has 0 aliphatic heterocycles. The van der Waals surface area contributed by atoms with Gasteiger partial charge in [-0.25, -0.2) is 0 Å². The first-order valence-electron chi connectivity index (χ1n) is 3.49. The van der Waals surface area contributed by atoms with Crippen molar-refractivity contribution in [1.82, 2.24) is 5.32 Å². The Bertz CT molecular complexity index is 121. The predicted octanol–water partition coefficient (Wildman–Crippen LogP) is 0.116. The van der Waals surface area contributed by atoms with Gasteiger partial charge in [-0.3, -0.25) is 4.79 Å². The lowest BCUT2D eigenvalue weighted by molar-refractivity contribution is -0.125. The quantitative estimate of drug-likeness (QED) is 0.605. The molecule has 0 aromatic carbocycles. The number of carbonyl (C=O) groups is 1. The molecule has 0 atom stereocenters. The Labute approximate surface area is 60.7 Å². The number of rotatable bonds is 4. The van der Waals surface area contributed by atoms with E-state index in [1.165, 1.54) is 0 Å². The van der Waals surface area contributed by atoms with Crippen LogP contribution in [0.4, 0.5) is 0 Å². The molecule has 57 valence electrons. The minimum Gasteiger partial charge on any atom is -0.372 e. The van der Waals surface area contributed by atoms with Crippen LogP contribution in [-0.2, 0) is 9.53 Å². The monoisotopic (exact) mass is 142 g/mol. The van der Waals surface area contributed by atoms with E-state index in [2.05, 4.69) is 12.2 Å². The third-order valence-electron chi connectivity index (χ3n) is 1.32. The highest BCUT2D eigenvalue weighted by Gasteiger charge is 2.22. The molecule has 1 radical (unpaired) electrons. The molecule has 0 aromatic rings. The fourth-order valence-electron chi connectivity index (χ4n) is 0.662. The summed E-state index contributed by atoms with van der Waals surface area (Å²) in [7, 11) is 0. The van der Waals surface area contributed by atoms with Gasteiger partial charge in [-0.1, -0.05) is 0 Å². The van der Waals surface area contributed by atoms with Crippen molar-refractivity contribution < 1.29 is 9.53 Å². The summed E-state index contributed by atoms with van der Waals surface area (Å²) >= 11 is 0. The number of amides is 1. The highest BCUT2D eigenvalue weighted by atomic mass is 16.5. The van der Waals surface area contributed by atoms with Crippen molar-refractivity contribution in [2.45, 2.75) is 18.9 Å². The van der Waals surface area contributed by atoms with Crippen LogP contribution >= 0.6 is 0 Å². The van der Waals surface area contributed by atoms with Gasteiger partial charge < -0.3 is 10.1 Å². The first-order valence-corrected chi connectivity index (χ1v) is 3.49. The van der Waals surface area contributed by atoms with Gasteiger partial charge >= 0.3 is 0 Å². The van der Waals surface area contributed by atoms with E-state index < -0.39 is 0 Å². The topological polar surface area (TPSA) is 38.3 Å². The lowest BCUT2D eigenvalue weighted by Gasteiger charge is -2.01. The van der Waals surface area contributed by atoms with Crippen LogP contribution in [0.5, 0.6) is 0 Å². The summed E-state index contributed by atoms with van der Waals surface area (Å²) in [6.45, 7) is 3.96. The summed E-state index contributed by atoms with van der Waals surface area (Å²) in [5.74, 6) is -0.0221. The van der Waals surface area contributed by atoms with Crippen LogP contribution in [-0.4, -0.2) is 25.2 Å². The van der Waals surface area contributed by atoms with E-state index in [-0.39, 0.29) is 12.5 Å². The Balaban J connectivity index is 1.97. The lowest BCUT2D eigenvalue weighted by atomic mass is 10.6. The van der Waals surface area contributed by atoms with Gasteiger partial charge in [0.25, 0.3) is 0 Å². The molecular weight excluding hydrogens is 130 g/mol. The molecule has 1 saturated carbocycles. The predicted molar refractivity (Wildman–Crippen MR) is 37.3 cm³/mol. The van der Waals surface area contributed by atoms with Gasteiger partial charge in [0.15, 0.2) is 0 Å². The molecule has 0 heterocycles. The van der Waals surface area contributed by atoms with Crippen LogP contribution in [0.25, 0.3) is 0 Å². The minimum atomic E-state index is -0.0221. The van der Waals surface area contributed by atoms with Crippen molar-refractivity contribution in [3.63, 3.8) is 0 Å². The molecule has 1 aliphatic rings. The number of hydrogen-bond donors (Lipinski definition) is 1. The fraction of sp³-hybridized carbons (Fsp3) is 0.714. The van der Waals surface area contributed by atoms with Crippen LogP contribution in [0.1, 0.15) is 12.8 Å². The van der Waals surface area contributed by atoms with E-state index in [1.807, 2.05) is 0 Å². The molecule has 1 N–H and O–H groups in total. The van der Waals surface area contributed by atoms with Crippen molar-refractivity contribution in [3.05, 3.63) is 6.92 Å². The maximum absolute atomic E-state index is 10.8. The highest BCUT2D eigenvalue weighted by molar-refractivity contribution is 5.77. The van der Waals surface area contributed by atoms with E-state index in [4.69, 9.17) is 4.74 Å². The summed E-state index contributed by atoms with van der Waals surface area (Å²) in [4.78, 5) is 10.8. The smallest absolute Gasteiger partial charge is 0.246 e. The van der Waals surface area contributed by atoms with Gasteiger partial charge in [0, 0.05) is 12.6 Å². The SMILES string of the molecule is [CH2]COCC(=O)NC1CC1. The zero-order valence-electron chi connectivity index (χ0n) is 5.93. The second-order valence-electron chi connectivity index (χ2n) is 2.39. The maximum Gasteiger partial charge on any atom is 0.246 e. The number of nitrogens with one attached hydrogen (secondary N) is 1. The zero-order valence-corrected chi connectivity index (χ0v) is 5.93. The van der Waals surface area contributed by atoms with Crippen molar-refractivity contribution in [2.75, 3.05) is 13.2 Å². The Morgan fingerprint density at radius 1 is 1.70 bits per heavy atom. The van der Waals surface area contributed by atoms with Gasteiger partial charge in [0.1, 0.15) is 6.61 Å². The molecule has 0 spiro atoms. The van der Waals surface area contributed by atoms with Crippen LogP contribution in [0.3, 0.4) is 0 Å². The van der Waals surface area contributed by atoms with Crippen LogP contribution in [0.2, 0.25) is 0 Å². The zero-order chi connectivity index (χ0) is 7.40. The van der Waals surface area contributed by atoms with Gasteiger partial charge in [0.05, 0.1) is 0 Å². The van der Waals surface area contributed by atoms with Crippen LogP contribution in [0, 0.1) is 6.92 Å². The molecule has 3 heteroatoms. The van der Waals surface area contributed by atoms with E-state index in [9.17, 15) is 4.79 Å². The van der Waals surface area contributed by atoms with E-state index in [0.29, 0.717) is 12.6 Å². The van der Waals surface area contributed by atoms with Crippen molar-refractivity contribution >= 4 is 5.91 Å². The van der Waals surface area contributed by atoms with Crippen LogP contribution < -0.4 is 5.32 Å². The lowest BCUT2D eigenvalue weighted by Crippen LogP contribution is -2.29. The molecule has 1 fully saturated rings. The molecule has 0 saturated heterocycles. The Hall–Kier alpha value is -0.570. The molecular formula is C7H12NO2. The van der Waals surface area contributed by atoms with E-state index in [1.54, 1.807) is 0 Å². The van der Waals surface area contributed by atoms with E-state index >= 15 is 0 Å². The van der Waals surface area contributed by atoms with E-state index in [0.717, 1.165) is 12.8 Å². The standard InChI is InChI=1S/C7H12NO2/c1-2-10-5-7(9)8-6-3-4-6/h6H,1-5H2,(H,8,9). The average molecular weight is 142 g/mol. The molecule has 0 unspecified atom stereocenters. The van der Waals surface area contributed by atoms with Gasteiger partial charge in [-0.05, 0) is 19.8 Å². The number of hydrogen-bond acceptors (Lipinski definition) is 2. The van der Waals surface area contributed by atoms with Gasteiger partial charge in [-0.15, -0.1) is 0 Å². The first kappa shape index (κ1) is 7.54. The summed E-state index contributed by atoms with van der Waals surface area (Å²) in [5, 5.41) is 2.80. The third-order valence-corrected chi connectivity index (χ3v) is 1.32. The normalized spacial score (nSPS) is 16.9. The van der Waals surface area contributed by atoms with Crippen molar-refractivity contribution in [1.29, 1.82) is 0 Å². The molecule has 0 aromatic heterocycles. The Morgan fingerprint density at radius 3 is 2.90 bits per heavy atom. The van der Waals surface area contributed by atoms with Crippen molar-refractivity contribution in [2.24, 2.45) is 0 Å². The van der Waals surface area contributed by atoms with Crippen molar-refractivity contribution in [3.8, 4) is 0 Å². The second-order valence-corrected chi connectivity index (χ2v) is 2.39. The molecule has 1 amide bonds. The molecule has 10 heavy (non-hydrogen) atoms. The van der Waals surface area contributed by atoms with Gasteiger partial charge in [-0.2, -0.15) is 0 Å². The fourth-order valence-corrected chi connectivity index (χ4v) is 0.662. The minimum absolute atomic E-state index is 0.0221. The first-order chi connectivity index (χ1) is 4.83. The molecule has 0 bridgehead atoms. The molecule has 3 nitrogen and oxygen atoms in total.